The van der Waals surface area contributed by atoms with Gasteiger partial charge >= 0.3 is 0 Å². The molecule has 1 N–H and O–H groups in total. The van der Waals surface area contributed by atoms with Gasteiger partial charge in [-0.15, -0.1) is 12.4 Å². The summed E-state index contributed by atoms with van der Waals surface area (Å²) in [6.07, 6.45) is 4.24. The second-order valence-corrected chi connectivity index (χ2v) is 5.95. The molecule has 1 fully saturated rings. The lowest BCUT2D eigenvalue weighted by atomic mass is 10.0. The highest BCUT2D eigenvalue weighted by atomic mass is 35.5. The number of unbranched alkanes of at least 4 members (excludes halogenated alkanes) is 1. The van der Waals surface area contributed by atoms with Gasteiger partial charge in [0.25, 0.3) is 5.91 Å². The van der Waals surface area contributed by atoms with E-state index in [2.05, 4.69) is 12.2 Å². The Hall–Kier alpha value is -1.46. The highest BCUT2D eigenvalue weighted by Crippen LogP contribution is 2.29. The van der Waals surface area contributed by atoms with E-state index < -0.39 is 0 Å². The molecule has 136 valence electrons. The van der Waals surface area contributed by atoms with Crippen molar-refractivity contribution in [3.05, 3.63) is 23.8 Å². The van der Waals surface area contributed by atoms with E-state index >= 15 is 0 Å². The predicted molar refractivity (Wildman–Crippen MR) is 98.6 cm³/mol. The third-order valence-electron chi connectivity index (χ3n) is 4.28. The summed E-state index contributed by atoms with van der Waals surface area (Å²) in [5, 5.41) is 3.26. The van der Waals surface area contributed by atoms with E-state index in [0.29, 0.717) is 29.7 Å². The molecular formula is C18H29ClN2O3. The fourth-order valence-corrected chi connectivity index (χ4v) is 2.83. The molecule has 24 heavy (non-hydrogen) atoms. The zero-order valence-electron chi connectivity index (χ0n) is 14.8. The molecule has 1 aromatic rings. The number of carbonyl (C=O) groups is 1. The average Bonchev–Trinajstić information content (AvgIpc) is 2.61. The minimum atomic E-state index is 0. The van der Waals surface area contributed by atoms with Gasteiger partial charge in [-0.2, -0.15) is 0 Å². The van der Waals surface area contributed by atoms with Gasteiger partial charge in [0.05, 0.1) is 13.7 Å². The van der Waals surface area contributed by atoms with Crippen molar-refractivity contribution in [3.8, 4) is 11.5 Å². The predicted octanol–water partition coefficient (Wildman–Crippen LogP) is 3.12. The first kappa shape index (κ1) is 20.6. The zero-order valence-corrected chi connectivity index (χ0v) is 15.7. The van der Waals surface area contributed by atoms with Crippen LogP contribution in [-0.2, 0) is 0 Å². The lowest BCUT2D eigenvalue weighted by Crippen LogP contribution is -2.46. The van der Waals surface area contributed by atoms with Crippen LogP contribution in [-0.4, -0.2) is 50.7 Å². The summed E-state index contributed by atoms with van der Waals surface area (Å²) in [6, 6.07) is 5.83. The number of likely N-dealkylation sites (N-methyl/N-ethyl adjacent to an activating group) is 1. The van der Waals surface area contributed by atoms with Gasteiger partial charge in [0.15, 0.2) is 11.5 Å². The molecule has 0 radical (unpaired) electrons. The summed E-state index contributed by atoms with van der Waals surface area (Å²) in [7, 11) is 3.55. The maximum atomic E-state index is 12.7. The standard InChI is InChI=1S/C18H28N2O3.ClH/c1-4-5-11-23-16-9-8-14(12-17(16)22-3)18(21)20-10-6-7-15(13-20)19-2;/h8-9,12,15,19H,4-7,10-11,13H2,1-3H3;1H. The monoisotopic (exact) mass is 356 g/mol. The minimum Gasteiger partial charge on any atom is -0.493 e. The van der Waals surface area contributed by atoms with Crippen LogP contribution in [0.3, 0.4) is 0 Å². The van der Waals surface area contributed by atoms with E-state index in [1.807, 2.05) is 24.1 Å². The Balaban J connectivity index is 0.00000288. The third kappa shape index (κ3) is 5.28. The first-order valence-electron chi connectivity index (χ1n) is 8.47. The zero-order chi connectivity index (χ0) is 16.7. The van der Waals surface area contributed by atoms with E-state index in [0.717, 1.165) is 38.8 Å². The number of amides is 1. The molecule has 1 heterocycles. The number of ether oxygens (including phenoxy) is 2. The number of hydrogen-bond acceptors (Lipinski definition) is 4. The summed E-state index contributed by atoms with van der Waals surface area (Å²) in [5.74, 6) is 1.38. The van der Waals surface area contributed by atoms with Gasteiger partial charge < -0.3 is 19.7 Å². The number of benzene rings is 1. The Morgan fingerprint density at radius 3 is 2.83 bits per heavy atom. The number of rotatable bonds is 7. The van der Waals surface area contributed by atoms with Gasteiger partial charge in [-0.05, 0) is 44.5 Å². The van der Waals surface area contributed by atoms with Crippen LogP contribution in [0, 0.1) is 0 Å². The normalized spacial score (nSPS) is 17.1. The van der Waals surface area contributed by atoms with Crippen molar-refractivity contribution in [3.63, 3.8) is 0 Å². The van der Waals surface area contributed by atoms with Crippen molar-refractivity contribution >= 4 is 18.3 Å². The van der Waals surface area contributed by atoms with Crippen molar-refractivity contribution < 1.29 is 14.3 Å². The van der Waals surface area contributed by atoms with Crippen molar-refractivity contribution in [2.24, 2.45) is 0 Å². The second kappa shape index (κ2) is 10.4. The molecule has 1 aliphatic rings. The van der Waals surface area contributed by atoms with Crippen molar-refractivity contribution in [2.45, 2.75) is 38.6 Å². The molecule has 1 atom stereocenters. The number of carbonyl (C=O) groups excluding carboxylic acids is 1. The molecule has 0 saturated carbocycles. The molecule has 6 heteroatoms. The first-order chi connectivity index (χ1) is 11.2. The molecule has 0 bridgehead atoms. The van der Waals surface area contributed by atoms with Gasteiger partial charge in [-0.25, -0.2) is 0 Å². The topological polar surface area (TPSA) is 50.8 Å². The SMILES string of the molecule is CCCCOc1ccc(C(=O)N2CCCC(NC)C2)cc1OC.Cl. The van der Waals surface area contributed by atoms with E-state index in [4.69, 9.17) is 9.47 Å². The Morgan fingerprint density at radius 2 is 2.17 bits per heavy atom. The summed E-state index contributed by atoms with van der Waals surface area (Å²) >= 11 is 0. The number of piperidine rings is 1. The van der Waals surface area contributed by atoms with E-state index in [1.54, 1.807) is 13.2 Å². The highest BCUT2D eigenvalue weighted by Gasteiger charge is 2.24. The number of methoxy groups -OCH3 is 1. The van der Waals surface area contributed by atoms with Crippen LogP contribution in [0.4, 0.5) is 0 Å². The lowest BCUT2D eigenvalue weighted by Gasteiger charge is -2.32. The van der Waals surface area contributed by atoms with Crippen LogP contribution in [0.5, 0.6) is 11.5 Å². The van der Waals surface area contributed by atoms with E-state index in [1.165, 1.54) is 0 Å². The average molecular weight is 357 g/mol. The molecular weight excluding hydrogens is 328 g/mol. The fourth-order valence-electron chi connectivity index (χ4n) is 2.83. The first-order valence-corrected chi connectivity index (χ1v) is 8.47. The number of nitrogens with zero attached hydrogens (tertiary/aromatic N) is 1. The van der Waals surface area contributed by atoms with Gasteiger partial charge in [0.2, 0.25) is 0 Å². The van der Waals surface area contributed by atoms with Crippen molar-refractivity contribution in [1.29, 1.82) is 0 Å². The molecule has 0 aliphatic carbocycles. The molecule has 1 amide bonds. The smallest absolute Gasteiger partial charge is 0.254 e. The Kier molecular flexibility index (Phi) is 8.93. The number of halogens is 1. The van der Waals surface area contributed by atoms with E-state index in [-0.39, 0.29) is 18.3 Å². The highest BCUT2D eigenvalue weighted by molar-refractivity contribution is 5.95. The van der Waals surface area contributed by atoms with Crippen LogP contribution in [0.25, 0.3) is 0 Å². The molecule has 0 spiro atoms. The molecule has 1 aromatic carbocycles. The molecule has 2 rings (SSSR count). The summed E-state index contributed by atoms with van der Waals surface area (Å²) in [6.45, 7) is 4.36. The van der Waals surface area contributed by atoms with Crippen molar-refractivity contribution in [2.75, 3.05) is 33.9 Å². The maximum Gasteiger partial charge on any atom is 0.254 e. The lowest BCUT2D eigenvalue weighted by molar-refractivity contribution is 0.0697. The van der Waals surface area contributed by atoms with Crippen LogP contribution >= 0.6 is 12.4 Å². The molecule has 1 saturated heterocycles. The molecule has 0 aromatic heterocycles. The maximum absolute atomic E-state index is 12.7. The van der Waals surface area contributed by atoms with Crippen LogP contribution in [0.2, 0.25) is 0 Å². The third-order valence-corrected chi connectivity index (χ3v) is 4.28. The largest absolute Gasteiger partial charge is 0.493 e. The number of likely N-dealkylation sites (tertiary alicyclic amines) is 1. The van der Waals surface area contributed by atoms with Crippen LogP contribution < -0.4 is 14.8 Å². The molecule has 1 unspecified atom stereocenters. The fraction of sp³-hybridized carbons (Fsp3) is 0.611. The summed E-state index contributed by atoms with van der Waals surface area (Å²) in [5.41, 5.74) is 0.654. The Bertz CT molecular complexity index is 525. The quantitative estimate of drug-likeness (QED) is 0.763. The number of nitrogens with one attached hydrogen (secondary N) is 1. The number of hydrogen-bond donors (Lipinski definition) is 1. The summed E-state index contributed by atoms with van der Waals surface area (Å²) < 4.78 is 11.1. The molecule has 5 nitrogen and oxygen atoms in total. The minimum absolute atomic E-state index is 0. The van der Waals surface area contributed by atoms with Crippen molar-refractivity contribution in [1.82, 2.24) is 10.2 Å². The van der Waals surface area contributed by atoms with Gasteiger partial charge in [-0.3, -0.25) is 4.79 Å². The van der Waals surface area contributed by atoms with Crippen LogP contribution in [0.15, 0.2) is 18.2 Å². The van der Waals surface area contributed by atoms with Gasteiger partial charge in [0, 0.05) is 24.7 Å². The second-order valence-electron chi connectivity index (χ2n) is 5.95. The van der Waals surface area contributed by atoms with E-state index in [9.17, 15) is 4.79 Å². The summed E-state index contributed by atoms with van der Waals surface area (Å²) in [4.78, 5) is 14.6. The van der Waals surface area contributed by atoms with Gasteiger partial charge in [-0.1, -0.05) is 13.3 Å². The van der Waals surface area contributed by atoms with Crippen LogP contribution in [0.1, 0.15) is 43.0 Å². The Morgan fingerprint density at radius 1 is 1.38 bits per heavy atom. The van der Waals surface area contributed by atoms with Gasteiger partial charge in [0.1, 0.15) is 0 Å². The Labute approximate surface area is 151 Å². The molecule has 1 aliphatic heterocycles.